The van der Waals surface area contributed by atoms with Gasteiger partial charge in [-0.15, -0.1) is 0 Å². The van der Waals surface area contributed by atoms with Gasteiger partial charge in [0.2, 0.25) is 5.91 Å². The smallest absolute Gasteiger partial charge is 0.326 e. The summed E-state index contributed by atoms with van der Waals surface area (Å²) < 4.78 is 38.6. The first-order valence-corrected chi connectivity index (χ1v) is 5.59. The lowest BCUT2D eigenvalue weighted by Crippen LogP contribution is -2.29. The lowest BCUT2D eigenvalue weighted by Gasteiger charge is -2.21. The fourth-order valence-electron chi connectivity index (χ4n) is 1.94. The SMILES string of the molecule is NC1CC(=O)N(c2ccc(Cl)cc2C(F)(F)F)C1. The highest BCUT2D eigenvalue weighted by Crippen LogP contribution is 2.39. The second kappa shape index (κ2) is 4.44. The number of amides is 1. The number of alkyl halides is 3. The summed E-state index contributed by atoms with van der Waals surface area (Å²) in [4.78, 5) is 12.7. The maximum atomic E-state index is 12.9. The summed E-state index contributed by atoms with van der Waals surface area (Å²) in [6.07, 6.45) is -4.51. The number of hydrogen-bond donors (Lipinski definition) is 1. The Labute approximate surface area is 106 Å². The maximum absolute atomic E-state index is 12.9. The van der Waals surface area contributed by atoms with Crippen molar-refractivity contribution in [1.82, 2.24) is 0 Å². The fraction of sp³-hybridized carbons (Fsp3) is 0.364. The second-order valence-electron chi connectivity index (χ2n) is 4.13. The van der Waals surface area contributed by atoms with Crippen molar-refractivity contribution >= 4 is 23.2 Å². The molecule has 0 saturated carbocycles. The number of benzene rings is 1. The van der Waals surface area contributed by atoms with Gasteiger partial charge in [-0.2, -0.15) is 13.2 Å². The normalized spacial score (nSPS) is 20.6. The average molecular weight is 279 g/mol. The molecule has 1 aromatic rings. The molecule has 1 aromatic carbocycles. The minimum Gasteiger partial charge on any atom is -0.326 e. The monoisotopic (exact) mass is 278 g/mol. The molecule has 0 aliphatic carbocycles. The summed E-state index contributed by atoms with van der Waals surface area (Å²) in [5.41, 5.74) is 4.46. The molecular weight excluding hydrogens is 269 g/mol. The Hall–Kier alpha value is -1.27. The van der Waals surface area contributed by atoms with Crippen LogP contribution in [0.4, 0.5) is 18.9 Å². The molecule has 0 bridgehead atoms. The first-order chi connectivity index (χ1) is 8.29. The molecule has 1 fully saturated rings. The molecular formula is C11H10ClF3N2O. The van der Waals surface area contributed by atoms with E-state index in [4.69, 9.17) is 17.3 Å². The van der Waals surface area contributed by atoms with Crippen molar-refractivity contribution in [3.63, 3.8) is 0 Å². The van der Waals surface area contributed by atoms with E-state index in [1.54, 1.807) is 0 Å². The van der Waals surface area contributed by atoms with Crippen LogP contribution in [0.25, 0.3) is 0 Å². The summed E-state index contributed by atoms with van der Waals surface area (Å²) in [7, 11) is 0. The molecule has 1 aliphatic heterocycles. The van der Waals surface area contributed by atoms with Gasteiger partial charge in [0.1, 0.15) is 0 Å². The highest BCUT2D eigenvalue weighted by molar-refractivity contribution is 6.30. The standard InChI is InChI=1S/C11H10ClF3N2O/c12-6-1-2-9(8(3-6)11(13,14)15)17-5-7(16)4-10(17)18/h1-3,7H,4-5,16H2. The highest BCUT2D eigenvalue weighted by Gasteiger charge is 2.38. The summed E-state index contributed by atoms with van der Waals surface area (Å²) in [5.74, 6) is -0.407. The van der Waals surface area contributed by atoms with Crippen LogP contribution in [0, 0.1) is 0 Å². The highest BCUT2D eigenvalue weighted by atomic mass is 35.5. The molecule has 1 saturated heterocycles. The Morgan fingerprint density at radius 1 is 1.39 bits per heavy atom. The van der Waals surface area contributed by atoms with Gasteiger partial charge in [-0.05, 0) is 18.2 Å². The Kier molecular flexibility index (Phi) is 3.25. The summed E-state index contributed by atoms with van der Waals surface area (Å²) >= 11 is 5.57. The molecule has 98 valence electrons. The van der Waals surface area contributed by atoms with E-state index in [9.17, 15) is 18.0 Å². The van der Waals surface area contributed by atoms with Gasteiger partial charge in [0.25, 0.3) is 0 Å². The molecule has 1 heterocycles. The number of carbonyl (C=O) groups excluding carboxylic acids is 1. The fourth-order valence-corrected chi connectivity index (χ4v) is 2.11. The summed E-state index contributed by atoms with van der Waals surface area (Å²) in [6, 6.07) is 2.90. The third kappa shape index (κ3) is 2.44. The summed E-state index contributed by atoms with van der Waals surface area (Å²) in [6.45, 7) is 0.0869. The number of nitrogens with two attached hydrogens (primary N) is 1. The van der Waals surface area contributed by atoms with Gasteiger partial charge in [-0.3, -0.25) is 4.79 Å². The Bertz CT molecular complexity index is 490. The van der Waals surface area contributed by atoms with Crippen molar-refractivity contribution in [2.75, 3.05) is 11.4 Å². The molecule has 1 amide bonds. The molecule has 1 atom stereocenters. The largest absolute Gasteiger partial charge is 0.418 e. The van der Waals surface area contributed by atoms with E-state index in [0.717, 1.165) is 11.0 Å². The van der Waals surface area contributed by atoms with Crippen LogP contribution in [0.3, 0.4) is 0 Å². The quantitative estimate of drug-likeness (QED) is 0.857. The van der Waals surface area contributed by atoms with Crippen LogP contribution in [0.5, 0.6) is 0 Å². The van der Waals surface area contributed by atoms with Crippen molar-refractivity contribution in [1.29, 1.82) is 0 Å². The van der Waals surface area contributed by atoms with E-state index in [-0.39, 0.29) is 23.7 Å². The van der Waals surface area contributed by atoms with Crippen LogP contribution in [-0.4, -0.2) is 18.5 Å². The molecule has 1 aliphatic rings. The summed E-state index contributed by atoms with van der Waals surface area (Å²) in [5, 5.41) is -0.0259. The molecule has 1 unspecified atom stereocenters. The van der Waals surface area contributed by atoms with E-state index in [1.807, 2.05) is 0 Å². The first kappa shape index (κ1) is 13.2. The predicted octanol–water partition coefficient (Wildman–Crippen LogP) is 2.42. The van der Waals surface area contributed by atoms with Gasteiger partial charge in [0.05, 0.1) is 11.3 Å². The van der Waals surface area contributed by atoms with Crippen LogP contribution in [-0.2, 0) is 11.0 Å². The second-order valence-corrected chi connectivity index (χ2v) is 4.56. The zero-order valence-electron chi connectivity index (χ0n) is 9.17. The van der Waals surface area contributed by atoms with Crippen molar-refractivity contribution in [2.45, 2.75) is 18.6 Å². The number of rotatable bonds is 1. The van der Waals surface area contributed by atoms with Crippen molar-refractivity contribution in [3.05, 3.63) is 28.8 Å². The molecule has 18 heavy (non-hydrogen) atoms. The van der Waals surface area contributed by atoms with Gasteiger partial charge >= 0.3 is 6.18 Å². The average Bonchev–Trinajstić information content (AvgIpc) is 2.56. The number of halogens is 4. The Morgan fingerprint density at radius 3 is 2.56 bits per heavy atom. The molecule has 2 N–H and O–H groups in total. The Morgan fingerprint density at radius 2 is 2.06 bits per heavy atom. The number of anilines is 1. The van der Waals surface area contributed by atoms with Crippen LogP contribution in [0.15, 0.2) is 18.2 Å². The molecule has 0 radical (unpaired) electrons. The van der Waals surface area contributed by atoms with Crippen molar-refractivity contribution in [2.24, 2.45) is 5.73 Å². The van der Waals surface area contributed by atoms with Gasteiger partial charge < -0.3 is 10.6 Å². The number of carbonyl (C=O) groups is 1. The van der Waals surface area contributed by atoms with Crippen LogP contribution >= 0.6 is 11.6 Å². The lowest BCUT2D eigenvalue weighted by atomic mass is 10.1. The molecule has 2 rings (SSSR count). The minimum atomic E-state index is -4.56. The van der Waals surface area contributed by atoms with Gasteiger partial charge in [-0.1, -0.05) is 11.6 Å². The van der Waals surface area contributed by atoms with Crippen LogP contribution < -0.4 is 10.6 Å². The van der Waals surface area contributed by atoms with E-state index in [2.05, 4.69) is 0 Å². The van der Waals surface area contributed by atoms with E-state index in [1.165, 1.54) is 12.1 Å². The van der Waals surface area contributed by atoms with Crippen LogP contribution in [0.2, 0.25) is 5.02 Å². The zero-order chi connectivity index (χ0) is 13.5. The predicted molar refractivity (Wildman–Crippen MR) is 61.4 cm³/mol. The molecule has 3 nitrogen and oxygen atoms in total. The van der Waals surface area contributed by atoms with Crippen molar-refractivity contribution in [3.8, 4) is 0 Å². The third-order valence-electron chi connectivity index (χ3n) is 2.71. The molecule has 7 heteroatoms. The van der Waals surface area contributed by atoms with Gasteiger partial charge in [0, 0.05) is 24.0 Å². The number of hydrogen-bond acceptors (Lipinski definition) is 2. The first-order valence-electron chi connectivity index (χ1n) is 5.21. The minimum absolute atomic E-state index is 0.0259. The Balaban J connectivity index is 2.48. The van der Waals surface area contributed by atoms with E-state index < -0.39 is 23.7 Å². The van der Waals surface area contributed by atoms with Crippen LogP contribution in [0.1, 0.15) is 12.0 Å². The van der Waals surface area contributed by atoms with E-state index >= 15 is 0 Å². The van der Waals surface area contributed by atoms with E-state index in [0.29, 0.717) is 0 Å². The molecule has 0 aromatic heterocycles. The number of nitrogens with zero attached hydrogens (tertiary/aromatic N) is 1. The lowest BCUT2D eigenvalue weighted by molar-refractivity contribution is -0.137. The topological polar surface area (TPSA) is 46.3 Å². The zero-order valence-corrected chi connectivity index (χ0v) is 9.92. The van der Waals surface area contributed by atoms with Gasteiger partial charge in [-0.25, -0.2) is 0 Å². The maximum Gasteiger partial charge on any atom is 0.418 e. The third-order valence-corrected chi connectivity index (χ3v) is 2.94. The van der Waals surface area contributed by atoms with Gasteiger partial charge in [0.15, 0.2) is 0 Å². The van der Waals surface area contributed by atoms with Crippen molar-refractivity contribution < 1.29 is 18.0 Å². The molecule has 0 spiro atoms.